The quantitative estimate of drug-likeness (QED) is 0.561. The number of methoxy groups -OCH3 is 1. The molecule has 2 rings (SSSR count). The minimum absolute atomic E-state index is 0.0348. The summed E-state index contributed by atoms with van der Waals surface area (Å²) in [6.07, 6.45) is -4.59. The third-order valence-electron chi connectivity index (χ3n) is 5.86. The summed E-state index contributed by atoms with van der Waals surface area (Å²) in [7, 11) is -1.66. The number of carbonyl (C=O) groups is 2. The standard InChI is InChI=1S/C23H35F3N4O6S/c1-6-9-27-22(32)30-11-15(2)20(35-5)12-29(4)21(31)18-8-7-17(10-19(18)36-13-16(30)3)28-37(33,34)14-23(24,25)26/h7-8,10,15-16,20,28H,6,9,11-14H2,1-5H3,(H,27,32)/t15-,16+,20+/m1/s1. The molecule has 0 saturated heterocycles. The molecule has 0 saturated carbocycles. The van der Waals surface area contributed by atoms with Gasteiger partial charge in [0.15, 0.2) is 5.75 Å². The van der Waals surface area contributed by atoms with Crippen LogP contribution in [0.15, 0.2) is 18.2 Å². The molecule has 0 fully saturated rings. The number of anilines is 1. The fourth-order valence-electron chi connectivity index (χ4n) is 3.88. The molecule has 1 aromatic carbocycles. The number of ether oxygens (including phenoxy) is 2. The summed E-state index contributed by atoms with van der Waals surface area (Å²) in [4.78, 5) is 29.1. The third-order valence-corrected chi connectivity index (χ3v) is 7.11. The zero-order valence-electron chi connectivity index (χ0n) is 21.6. The van der Waals surface area contributed by atoms with Gasteiger partial charge >= 0.3 is 12.2 Å². The zero-order valence-corrected chi connectivity index (χ0v) is 22.4. The molecule has 37 heavy (non-hydrogen) atoms. The van der Waals surface area contributed by atoms with Crippen LogP contribution in [0.5, 0.6) is 5.75 Å². The molecule has 1 heterocycles. The summed E-state index contributed by atoms with van der Waals surface area (Å²) in [6.45, 7) is 6.52. The molecule has 3 amide bonds. The number of carbonyl (C=O) groups excluding carboxylic acids is 2. The summed E-state index contributed by atoms with van der Waals surface area (Å²) < 4.78 is 75.2. The summed E-state index contributed by atoms with van der Waals surface area (Å²) in [5.74, 6) is -2.68. The smallest absolute Gasteiger partial charge is 0.404 e. The van der Waals surface area contributed by atoms with Gasteiger partial charge in [0.25, 0.3) is 5.91 Å². The largest absolute Gasteiger partial charge is 0.491 e. The van der Waals surface area contributed by atoms with Crippen LogP contribution >= 0.6 is 0 Å². The van der Waals surface area contributed by atoms with Crippen molar-refractivity contribution in [3.8, 4) is 5.75 Å². The second-order valence-corrected chi connectivity index (χ2v) is 10.9. The Kier molecular flexibility index (Phi) is 10.4. The van der Waals surface area contributed by atoms with Crippen LogP contribution in [-0.4, -0.2) is 94.6 Å². The summed E-state index contributed by atoms with van der Waals surface area (Å²) >= 11 is 0. The molecule has 0 aromatic heterocycles. The average Bonchev–Trinajstić information content (AvgIpc) is 2.79. The molecule has 0 bridgehead atoms. The van der Waals surface area contributed by atoms with Gasteiger partial charge in [-0.05, 0) is 25.5 Å². The van der Waals surface area contributed by atoms with Gasteiger partial charge in [0.2, 0.25) is 10.0 Å². The number of nitrogens with one attached hydrogen (secondary N) is 2. The number of nitrogens with zero attached hydrogens (tertiary/aromatic N) is 2. The lowest BCUT2D eigenvalue weighted by Crippen LogP contribution is -2.51. The highest BCUT2D eigenvalue weighted by Gasteiger charge is 2.35. The predicted molar refractivity (Wildman–Crippen MR) is 132 cm³/mol. The van der Waals surface area contributed by atoms with Crippen LogP contribution in [0.25, 0.3) is 0 Å². The first kappa shape index (κ1) is 30.5. The van der Waals surface area contributed by atoms with E-state index in [1.165, 1.54) is 24.1 Å². The Morgan fingerprint density at radius 1 is 1.24 bits per heavy atom. The SMILES string of the molecule is CCCNC(=O)N1C[C@@H](C)[C@@H](OC)CN(C)C(=O)c2ccc(NS(=O)(=O)CC(F)(F)F)cc2OC[C@@H]1C. The Labute approximate surface area is 215 Å². The first-order valence-corrected chi connectivity index (χ1v) is 13.5. The zero-order chi connectivity index (χ0) is 28.0. The summed E-state index contributed by atoms with van der Waals surface area (Å²) in [6, 6.07) is 2.87. The molecule has 3 atom stereocenters. The maximum Gasteiger partial charge on any atom is 0.404 e. The fourth-order valence-corrected chi connectivity index (χ4v) is 4.87. The van der Waals surface area contributed by atoms with E-state index in [0.717, 1.165) is 12.5 Å². The normalized spacial score (nSPS) is 21.8. The minimum Gasteiger partial charge on any atom is -0.491 e. The summed E-state index contributed by atoms with van der Waals surface area (Å²) in [5, 5.41) is 2.84. The van der Waals surface area contributed by atoms with Crippen molar-refractivity contribution in [1.29, 1.82) is 0 Å². The maximum absolute atomic E-state index is 13.2. The van der Waals surface area contributed by atoms with Crippen molar-refractivity contribution in [3.05, 3.63) is 23.8 Å². The lowest BCUT2D eigenvalue weighted by molar-refractivity contribution is -0.106. The maximum atomic E-state index is 13.2. The van der Waals surface area contributed by atoms with Gasteiger partial charge in [0, 0.05) is 45.8 Å². The highest BCUT2D eigenvalue weighted by Crippen LogP contribution is 2.28. The number of urea groups is 1. The van der Waals surface area contributed by atoms with Gasteiger partial charge in [0.05, 0.1) is 23.4 Å². The molecule has 210 valence electrons. The Balaban J connectivity index is 2.45. The molecule has 1 aliphatic rings. The molecule has 0 spiro atoms. The van der Waals surface area contributed by atoms with Crippen LogP contribution in [0, 0.1) is 5.92 Å². The molecule has 1 aromatic rings. The highest BCUT2D eigenvalue weighted by atomic mass is 32.2. The highest BCUT2D eigenvalue weighted by molar-refractivity contribution is 7.92. The lowest BCUT2D eigenvalue weighted by atomic mass is 10.0. The first-order valence-electron chi connectivity index (χ1n) is 11.8. The van der Waals surface area contributed by atoms with Crippen LogP contribution in [-0.2, 0) is 14.8 Å². The summed E-state index contributed by atoms with van der Waals surface area (Å²) in [5.41, 5.74) is -0.113. The van der Waals surface area contributed by atoms with Gasteiger partial charge in [-0.25, -0.2) is 13.2 Å². The van der Waals surface area contributed by atoms with Crippen molar-refractivity contribution in [2.45, 2.75) is 45.5 Å². The van der Waals surface area contributed by atoms with Gasteiger partial charge in [-0.15, -0.1) is 0 Å². The Morgan fingerprint density at radius 3 is 2.51 bits per heavy atom. The molecular weight excluding hydrogens is 517 g/mol. The number of fused-ring (bicyclic) bond motifs is 1. The predicted octanol–water partition coefficient (Wildman–Crippen LogP) is 2.92. The van der Waals surface area contributed by atoms with E-state index in [-0.39, 0.29) is 42.1 Å². The topological polar surface area (TPSA) is 117 Å². The van der Waals surface area contributed by atoms with Crippen molar-refractivity contribution in [2.75, 3.05) is 50.9 Å². The van der Waals surface area contributed by atoms with Crippen LogP contribution in [0.2, 0.25) is 0 Å². The number of alkyl halides is 3. The molecular formula is C23H35F3N4O6S. The van der Waals surface area contributed by atoms with E-state index >= 15 is 0 Å². The van der Waals surface area contributed by atoms with Gasteiger partial charge in [-0.2, -0.15) is 13.2 Å². The lowest BCUT2D eigenvalue weighted by Gasteiger charge is -2.36. The molecule has 1 aliphatic heterocycles. The van der Waals surface area contributed by atoms with Crippen molar-refractivity contribution in [2.24, 2.45) is 5.92 Å². The fraction of sp³-hybridized carbons (Fsp3) is 0.652. The molecule has 0 radical (unpaired) electrons. The third kappa shape index (κ3) is 8.95. The number of hydrogen-bond acceptors (Lipinski definition) is 6. The molecule has 14 heteroatoms. The van der Waals surface area contributed by atoms with Gasteiger partial charge in [0.1, 0.15) is 12.4 Å². The van der Waals surface area contributed by atoms with Gasteiger partial charge in [-0.1, -0.05) is 13.8 Å². The van der Waals surface area contributed by atoms with E-state index < -0.39 is 40.0 Å². The van der Waals surface area contributed by atoms with E-state index in [0.29, 0.717) is 13.1 Å². The number of sulfonamides is 1. The van der Waals surface area contributed by atoms with Crippen LogP contribution in [0.1, 0.15) is 37.6 Å². The number of amides is 3. The van der Waals surface area contributed by atoms with E-state index in [4.69, 9.17) is 9.47 Å². The second-order valence-electron chi connectivity index (χ2n) is 9.17. The number of likely N-dealkylation sites (N-methyl/N-ethyl adjacent to an activating group) is 1. The Bertz CT molecular complexity index is 1050. The van der Waals surface area contributed by atoms with Crippen molar-refractivity contribution < 1.29 is 40.7 Å². The molecule has 0 aliphatic carbocycles. The molecule has 0 unspecified atom stereocenters. The second kappa shape index (κ2) is 12.7. The van der Waals surface area contributed by atoms with Gasteiger partial charge < -0.3 is 24.6 Å². The van der Waals surface area contributed by atoms with Crippen molar-refractivity contribution in [3.63, 3.8) is 0 Å². The first-order chi connectivity index (χ1) is 17.2. The van der Waals surface area contributed by atoms with Crippen LogP contribution in [0.4, 0.5) is 23.7 Å². The average molecular weight is 553 g/mol. The number of rotatable bonds is 6. The van der Waals surface area contributed by atoms with Crippen LogP contribution < -0.4 is 14.8 Å². The monoisotopic (exact) mass is 552 g/mol. The van der Waals surface area contributed by atoms with E-state index in [9.17, 15) is 31.2 Å². The van der Waals surface area contributed by atoms with E-state index in [2.05, 4.69) is 5.32 Å². The van der Waals surface area contributed by atoms with Crippen molar-refractivity contribution in [1.82, 2.24) is 15.1 Å². The Hall–Kier alpha value is -2.74. The molecule has 2 N–H and O–H groups in total. The van der Waals surface area contributed by atoms with E-state index in [1.807, 2.05) is 18.6 Å². The number of benzene rings is 1. The van der Waals surface area contributed by atoms with Crippen molar-refractivity contribution >= 4 is 27.6 Å². The van der Waals surface area contributed by atoms with E-state index in [1.54, 1.807) is 18.9 Å². The van der Waals surface area contributed by atoms with Gasteiger partial charge in [-0.3, -0.25) is 9.52 Å². The van der Waals surface area contributed by atoms with Crippen LogP contribution in [0.3, 0.4) is 0 Å². The Morgan fingerprint density at radius 2 is 1.92 bits per heavy atom. The number of hydrogen-bond donors (Lipinski definition) is 2. The number of halogens is 3. The molecule has 10 nitrogen and oxygen atoms in total. The minimum atomic E-state index is -4.93.